The number of aromatic nitrogens is 3. The SMILES string of the molecule is C=C1CCC(Oc2ccnc(C[C@]3(OCOC)C(=O)N(COC)[C@H]3COc3cnccn3)c2)CC1. The van der Waals surface area contributed by atoms with Crippen LogP contribution in [0.5, 0.6) is 11.6 Å². The Labute approximate surface area is 205 Å². The van der Waals surface area contributed by atoms with Gasteiger partial charge in [-0.2, -0.15) is 0 Å². The van der Waals surface area contributed by atoms with Crippen molar-refractivity contribution in [2.75, 3.05) is 34.4 Å². The van der Waals surface area contributed by atoms with Crippen molar-refractivity contribution in [2.45, 2.75) is 49.9 Å². The summed E-state index contributed by atoms with van der Waals surface area (Å²) >= 11 is 0. The van der Waals surface area contributed by atoms with Gasteiger partial charge in [-0.1, -0.05) is 12.2 Å². The smallest absolute Gasteiger partial charge is 0.259 e. The van der Waals surface area contributed by atoms with Gasteiger partial charge < -0.3 is 28.6 Å². The molecule has 3 heterocycles. The van der Waals surface area contributed by atoms with Crippen LogP contribution in [0.2, 0.25) is 0 Å². The van der Waals surface area contributed by atoms with E-state index in [1.807, 2.05) is 12.1 Å². The van der Waals surface area contributed by atoms with E-state index in [9.17, 15) is 4.79 Å². The quantitative estimate of drug-likeness (QED) is 0.255. The maximum absolute atomic E-state index is 13.4. The van der Waals surface area contributed by atoms with E-state index in [2.05, 4.69) is 21.5 Å². The van der Waals surface area contributed by atoms with Crippen molar-refractivity contribution < 1.29 is 28.5 Å². The van der Waals surface area contributed by atoms with E-state index in [4.69, 9.17) is 23.7 Å². The molecule has 1 aliphatic carbocycles. The Hall–Kier alpha value is -3.08. The monoisotopic (exact) mass is 484 g/mol. The van der Waals surface area contributed by atoms with E-state index in [-0.39, 0.29) is 38.6 Å². The Morgan fingerprint density at radius 1 is 1.14 bits per heavy atom. The number of rotatable bonds is 12. The number of allylic oxidation sites excluding steroid dienone is 1. The number of carbonyl (C=O) groups excluding carboxylic acids is 1. The molecule has 0 bridgehead atoms. The van der Waals surface area contributed by atoms with E-state index < -0.39 is 11.6 Å². The van der Waals surface area contributed by atoms with Crippen LogP contribution < -0.4 is 9.47 Å². The molecule has 0 N–H and O–H groups in total. The minimum absolute atomic E-state index is 0.0592. The summed E-state index contributed by atoms with van der Waals surface area (Å²) in [5.41, 5.74) is 0.718. The standard InChI is InChI=1S/C25H32N4O6/c1-18-4-6-20(7-5-18)35-21-8-9-27-19(12-21)13-25(34-17-32-3)22(29(16-31-2)24(25)30)15-33-23-14-26-10-11-28-23/h8-12,14,20,22H,1,4-7,13,15-17H2,2-3H3/t22-,25+/m0/s1. The summed E-state index contributed by atoms with van der Waals surface area (Å²) in [6.45, 7) is 4.25. The second kappa shape index (κ2) is 11.6. The predicted molar refractivity (Wildman–Crippen MR) is 126 cm³/mol. The van der Waals surface area contributed by atoms with Gasteiger partial charge in [0.1, 0.15) is 31.9 Å². The molecule has 2 fully saturated rings. The summed E-state index contributed by atoms with van der Waals surface area (Å²) in [6, 6.07) is 3.25. The first kappa shape index (κ1) is 25.0. The molecule has 188 valence electrons. The third-order valence-corrected chi connectivity index (χ3v) is 6.34. The van der Waals surface area contributed by atoms with E-state index in [1.54, 1.807) is 23.5 Å². The fraction of sp³-hybridized carbons (Fsp3) is 0.520. The predicted octanol–water partition coefficient (Wildman–Crippen LogP) is 2.54. The Morgan fingerprint density at radius 2 is 1.97 bits per heavy atom. The Balaban J connectivity index is 1.52. The molecular formula is C25H32N4O6. The van der Waals surface area contributed by atoms with Gasteiger partial charge in [-0.05, 0) is 31.7 Å². The second-order valence-electron chi connectivity index (χ2n) is 8.73. The lowest BCUT2D eigenvalue weighted by Crippen LogP contribution is -2.77. The van der Waals surface area contributed by atoms with Gasteiger partial charge in [0.15, 0.2) is 5.60 Å². The van der Waals surface area contributed by atoms with E-state index in [0.29, 0.717) is 11.6 Å². The molecule has 1 aliphatic heterocycles. The highest BCUT2D eigenvalue weighted by molar-refractivity contribution is 5.93. The normalized spacial score (nSPS) is 22.7. The number of β-lactam (4-membered cyclic amide) rings is 1. The molecule has 1 amide bonds. The van der Waals surface area contributed by atoms with Crippen molar-refractivity contribution in [1.82, 2.24) is 19.9 Å². The Morgan fingerprint density at radius 3 is 2.69 bits per heavy atom. The van der Waals surface area contributed by atoms with Gasteiger partial charge in [-0.25, -0.2) is 4.98 Å². The first-order chi connectivity index (χ1) is 17.1. The fourth-order valence-corrected chi connectivity index (χ4v) is 4.52. The Bertz CT molecular complexity index is 996. The van der Waals surface area contributed by atoms with Crippen LogP contribution in [0.4, 0.5) is 0 Å². The number of ether oxygens (including phenoxy) is 5. The van der Waals surface area contributed by atoms with Crippen molar-refractivity contribution in [3.05, 3.63) is 54.8 Å². The highest BCUT2D eigenvalue weighted by Crippen LogP contribution is 2.38. The maximum atomic E-state index is 13.4. The highest BCUT2D eigenvalue weighted by atomic mass is 16.7. The van der Waals surface area contributed by atoms with Gasteiger partial charge >= 0.3 is 0 Å². The molecule has 2 atom stereocenters. The zero-order valence-corrected chi connectivity index (χ0v) is 20.2. The van der Waals surface area contributed by atoms with Crippen LogP contribution in [-0.4, -0.2) is 77.9 Å². The number of hydrogen-bond donors (Lipinski definition) is 0. The first-order valence-electron chi connectivity index (χ1n) is 11.7. The maximum Gasteiger partial charge on any atom is 0.259 e. The fourth-order valence-electron chi connectivity index (χ4n) is 4.52. The lowest BCUT2D eigenvalue weighted by atomic mass is 9.78. The summed E-state index contributed by atoms with van der Waals surface area (Å²) < 4.78 is 28.5. The van der Waals surface area contributed by atoms with Crippen molar-refractivity contribution in [3.8, 4) is 11.6 Å². The second-order valence-corrected chi connectivity index (χ2v) is 8.73. The highest BCUT2D eigenvalue weighted by Gasteiger charge is 2.62. The van der Waals surface area contributed by atoms with E-state index in [0.717, 1.165) is 31.4 Å². The molecule has 10 nitrogen and oxygen atoms in total. The number of carbonyl (C=O) groups is 1. The van der Waals surface area contributed by atoms with Gasteiger partial charge in [-0.3, -0.25) is 14.8 Å². The van der Waals surface area contributed by atoms with Crippen LogP contribution in [0.15, 0.2) is 49.1 Å². The van der Waals surface area contributed by atoms with Gasteiger partial charge in [0, 0.05) is 51.0 Å². The number of pyridine rings is 1. The van der Waals surface area contributed by atoms with Gasteiger partial charge in [-0.15, -0.1) is 0 Å². The van der Waals surface area contributed by atoms with Gasteiger partial charge in [0.05, 0.1) is 12.3 Å². The van der Waals surface area contributed by atoms with E-state index >= 15 is 0 Å². The topological polar surface area (TPSA) is 105 Å². The summed E-state index contributed by atoms with van der Waals surface area (Å²) in [5.74, 6) is 0.860. The number of amides is 1. The minimum atomic E-state index is -1.23. The van der Waals surface area contributed by atoms with Crippen molar-refractivity contribution in [2.24, 2.45) is 0 Å². The van der Waals surface area contributed by atoms with Crippen molar-refractivity contribution in [3.63, 3.8) is 0 Å². The molecule has 0 radical (unpaired) electrons. The third kappa shape index (κ3) is 5.77. The van der Waals surface area contributed by atoms with Crippen LogP contribution in [0.25, 0.3) is 0 Å². The summed E-state index contributed by atoms with van der Waals surface area (Å²) in [4.78, 5) is 27.6. The number of nitrogens with zero attached hydrogens (tertiary/aromatic N) is 4. The molecule has 2 aromatic heterocycles. The zero-order valence-electron chi connectivity index (χ0n) is 20.2. The average molecular weight is 485 g/mol. The molecule has 2 aromatic rings. The third-order valence-electron chi connectivity index (χ3n) is 6.34. The van der Waals surface area contributed by atoms with Crippen LogP contribution in [-0.2, 0) is 25.4 Å². The number of methoxy groups -OCH3 is 2. The van der Waals surface area contributed by atoms with Crippen molar-refractivity contribution in [1.29, 1.82) is 0 Å². The molecule has 0 unspecified atom stereocenters. The molecule has 4 rings (SSSR count). The van der Waals surface area contributed by atoms with Crippen LogP contribution in [0.3, 0.4) is 0 Å². The van der Waals surface area contributed by atoms with Crippen LogP contribution >= 0.6 is 0 Å². The number of likely N-dealkylation sites (tertiary alicyclic amines) is 1. The molecule has 2 aliphatic rings. The van der Waals surface area contributed by atoms with Gasteiger partial charge in [0.2, 0.25) is 5.88 Å². The first-order valence-corrected chi connectivity index (χ1v) is 11.7. The molecule has 0 spiro atoms. The summed E-state index contributed by atoms with van der Waals surface area (Å²) in [5, 5.41) is 0. The summed E-state index contributed by atoms with van der Waals surface area (Å²) in [7, 11) is 3.05. The summed E-state index contributed by atoms with van der Waals surface area (Å²) in [6.07, 6.45) is 10.5. The molecular weight excluding hydrogens is 452 g/mol. The number of hydrogen-bond acceptors (Lipinski definition) is 9. The molecule has 10 heteroatoms. The minimum Gasteiger partial charge on any atom is -0.490 e. The lowest BCUT2D eigenvalue weighted by molar-refractivity contribution is -0.236. The molecule has 1 saturated heterocycles. The zero-order chi connectivity index (χ0) is 24.7. The lowest BCUT2D eigenvalue weighted by Gasteiger charge is -2.54. The molecule has 35 heavy (non-hydrogen) atoms. The molecule has 1 saturated carbocycles. The van der Waals surface area contributed by atoms with Crippen molar-refractivity contribution >= 4 is 5.91 Å². The molecule has 0 aromatic carbocycles. The average Bonchev–Trinajstić information content (AvgIpc) is 2.88. The van der Waals surface area contributed by atoms with E-state index in [1.165, 1.54) is 26.0 Å². The van der Waals surface area contributed by atoms with Crippen LogP contribution in [0.1, 0.15) is 31.4 Å². The Kier molecular flexibility index (Phi) is 8.27. The largest absolute Gasteiger partial charge is 0.490 e. The van der Waals surface area contributed by atoms with Gasteiger partial charge in [0.25, 0.3) is 5.91 Å². The van der Waals surface area contributed by atoms with Crippen LogP contribution in [0, 0.1) is 0 Å².